The summed E-state index contributed by atoms with van der Waals surface area (Å²) < 4.78 is 39.0. The quantitative estimate of drug-likeness (QED) is 0.504. The fourth-order valence-corrected chi connectivity index (χ4v) is 2.39. The molecule has 164 valence electrons. The number of aliphatic carboxylic acids is 2. The molecule has 2 rings (SSSR count). The molecular formula is C19H20ClF3N2O5. The first kappa shape index (κ1) is 25.0. The number of rotatable bonds is 6. The zero-order chi connectivity index (χ0) is 23.1. The molecule has 7 nitrogen and oxygen atoms in total. The summed E-state index contributed by atoms with van der Waals surface area (Å²) in [6.07, 6.45) is 0.636. The molecule has 1 heterocycles. The van der Waals surface area contributed by atoms with E-state index in [0.29, 0.717) is 12.2 Å². The van der Waals surface area contributed by atoms with Crippen molar-refractivity contribution >= 4 is 29.6 Å². The molecule has 2 N–H and O–H groups in total. The molecule has 0 radical (unpaired) electrons. The lowest BCUT2D eigenvalue weighted by Crippen LogP contribution is -2.21. The number of halogens is 4. The van der Waals surface area contributed by atoms with Crippen LogP contribution in [0.2, 0.25) is 0 Å². The van der Waals surface area contributed by atoms with Crippen LogP contribution in [-0.2, 0) is 9.59 Å². The number of carboxylic acid groups (broad SMARTS) is 2. The SMILES string of the molecule is CCC(Cl)/C(=C/c1ccc(-n2cnc(C)c2)c(OC)c1)C(=O)O.O=C(O)C(F)(F)F. The lowest BCUT2D eigenvalue weighted by molar-refractivity contribution is -0.192. The Kier molecular flexibility index (Phi) is 8.91. The molecule has 0 aliphatic rings. The van der Waals surface area contributed by atoms with Crippen molar-refractivity contribution in [1.29, 1.82) is 0 Å². The van der Waals surface area contributed by atoms with E-state index >= 15 is 0 Å². The van der Waals surface area contributed by atoms with Crippen LogP contribution in [0.1, 0.15) is 24.6 Å². The molecule has 0 spiro atoms. The molecule has 0 aliphatic heterocycles. The number of hydrogen-bond donors (Lipinski definition) is 2. The molecular weight excluding hydrogens is 429 g/mol. The number of aromatic nitrogens is 2. The summed E-state index contributed by atoms with van der Waals surface area (Å²) in [5.41, 5.74) is 2.62. The molecule has 11 heteroatoms. The summed E-state index contributed by atoms with van der Waals surface area (Å²) in [7, 11) is 1.57. The van der Waals surface area contributed by atoms with Crippen LogP contribution >= 0.6 is 11.6 Å². The summed E-state index contributed by atoms with van der Waals surface area (Å²) in [5, 5.41) is 15.9. The van der Waals surface area contributed by atoms with Gasteiger partial charge in [0, 0.05) is 6.20 Å². The van der Waals surface area contributed by atoms with E-state index in [-0.39, 0.29) is 5.57 Å². The van der Waals surface area contributed by atoms with Gasteiger partial charge in [-0.3, -0.25) is 0 Å². The van der Waals surface area contributed by atoms with Crippen LogP contribution in [0.25, 0.3) is 11.8 Å². The first-order valence-electron chi connectivity index (χ1n) is 8.48. The largest absolute Gasteiger partial charge is 0.495 e. The Balaban J connectivity index is 0.000000553. The Labute approximate surface area is 175 Å². The van der Waals surface area contributed by atoms with Crippen molar-refractivity contribution in [3.63, 3.8) is 0 Å². The second-order valence-electron chi connectivity index (χ2n) is 5.94. The molecule has 0 aliphatic carbocycles. The van der Waals surface area contributed by atoms with Gasteiger partial charge in [-0.25, -0.2) is 14.6 Å². The first-order valence-corrected chi connectivity index (χ1v) is 8.92. The Morgan fingerprint density at radius 1 is 1.33 bits per heavy atom. The number of carbonyl (C=O) groups is 2. The Morgan fingerprint density at radius 2 is 1.93 bits per heavy atom. The summed E-state index contributed by atoms with van der Waals surface area (Å²) in [6.45, 7) is 3.75. The minimum absolute atomic E-state index is 0.169. The topological polar surface area (TPSA) is 102 Å². The normalized spacial score (nSPS) is 12.6. The van der Waals surface area contributed by atoms with Crippen molar-refractivity contribution in [1.82, 2.24) is 9.55 Å². The minimum atomic E-state index is -5.08. The maximum absolute atomic E-state index is 11.4. The third kappa shape index (κ3) is 7.11. The molecule has 0 saturated carbocycles. The van der Waals surface area contributed by atoms with Crippen LogP contribution in [0.5, 0.6) is 5.75 Å². The van der Waals surface area contributed by atoms with E-state index in [2.05, 4.69) is 4.98 Å². The van der Waals surface area contributed by atoms with Crippen LogP contribution in [0.15, 0.2) is 36.3 Å². The molecule has 1 atom stereocenters. The zero-order valence-corrected chi connectivity index (χ0v) is 17.0. The van der Waals surface area contributed by atoms with Crippen molar-refractivity contribution in [3.05, 3.63) is 47.6 Å². The number of benzene rings is 1. The van der Waals surface area contributed by atoms with Crippen molar-refractivity contribution in [2.75, 3.05) is 7.11 Å². The second-order valence-corrected chi connectivity index (χ2v) is 6.46. The number of imidazole rings is 1. The molecule has 1 unspecified atom stereocenters. The molecule has 30 heavy (non-hydrogen) atoms. The number of hydrogen-bond acceptors (Lipinski definition) is 4. The first-order chi connectivity index (χ1) is 13.9. The van der Waals surface area contributed by atoms with Gasteiger partial charge in [0.2, 0.25) is 0 Å². The highest BCUT2D eigenvalue weighted by Crippen LogP contribution is 2.27. The van der Waals surface area contributed by atoms with E-state index in [0.717, 1.165) is 16.9 Å². The third-order valence-corrected chi connectivity index (χ3v) is 4.24. The minimum Gasteiger partial charge on any atom is -0.495 e. The molecule has 0 amide bonds. The Morgan fingerprint density at radius 3 is 2.33 bits per heavy atom. The molecule has 0 saturated heterocycles. The molecule has 2 aromatic rings. The smallest absolute Gasteiger partial charge is 0.490 e. The van der Waals surface area contributed by atoms with Crippen molar-refractivity contribution < 1.29 is 37.7 Å². The van der Waals surface area contributed by atoms with Crippen LogP contribution < -0.4 is 4.74 Å². The van der Waals surface area contributed by atoms with E-state index < -0.39 is 23.5 Å². The van der Waals surface area contributed by atoms with Crippen LogP contribution in [-0.4, -0.2) is 50.4 Å². The monoisotopic (exact) mass is 448 g/mol. The average molecular weight is 449 g/mol. The van der Waals surface area contributed by atoms with Crippen molar-refractivity contribution in [3.8, 4) is 11.4 Å². The van der Waals surface area contributed by atoms with E-state index in [1.54, 1.807) is 25.6 Å². The maximum atomic E-state index is 11.4. The number of alkyl halides is 4. The lowest BCUT2D eigenvalue weighted by atomic mass is 10.1. The van der Waals surface area contributed by atoms with Gasteiger partial charge in [-0.2, -0.15) is 13.2 Å². The van der Waals surface area contributed by atoms with Crippen molar-refractivity contribution in [2.24, 2.45) is 0 Å². The molecule has 0 fully saturated rings. The van der Waals surface area contributed by atoms with Gasteiger partial charge in [0.25, 0.3) is 0 Å². The fourth-order valence-electron chi connectivity index (χ4n) is 2.24. The summed E-state index contributed by atoms with van der Waals surface area (Å²) >= 11 is 6.09. The average Bonchev–Trinajstić information content (AvgIpc) is 3.10. The highest BCUT2D eigenvalue weighted by atomic mass is 35.5. The van der Waals surface area contributed by atoms with Gasteiger partial charge >= 0.3 is 18.1 Å². The number of carboxylic acids is 2. The van der Waals surface area contributed by atoms with Crippen molar-refractivity contribution in [2.45, 2.75) is 31.8 Å². The predicted octanol–water partition coefficient (Wildman–Crippen LogP) is 4.31. The predicted molar refractivity (Wildman–Crippen MR) is 104 cm³/mol. The van der Waals surface area contributed by atoms with E-state index in [1.807, 2.05) is 36.7 Å². The van der Waals surface area contributed by atoms with Gasteiger partial charge in [0.1, 0.15) is 5.75 Å². The van der Waals surface area contributed by atoms with Gasteiger partial charge in [0.15, 0.2) is 0 Å². The van der Waals surface area contributed by atoms with Crippen LogP contribution in [0, 0.1) is 6.92 Å². The van der Waals surface area contributed by atoms with Gasteiger partial charge in [-0.05, 0) is 37.1 Å². The number of nitrogens with zero attached hydrogens (tertiary/aromatic N) is 2. The van der Waals surface area contributed by atoms with E-state index in [4.69, 9.17) is 26.2 Å². The highest BCUT2D eigenvalue weighted by molar-refractivity contribution is 6.25. The summed E-state index contributed by atoms with van der Waals surface area (Å²) in [4.78, 5) is 24.4. The fraction of sp³-hybridized carbons (Fsp3) is 0.316. The number of aryl methyl sites for hydroxylation is 1. The van der Waals surface area contributed by atoms with Gasteiger partial charge in [0.05, 0.1) is 35.8 Å². The molecule has 0 bridgehead atoms. The molecule has 1 aromatic carbocycles. The van der Waals surface area contributed by atoms with E-state index in [1.165, 1.54) is 0 Å². The zero-order valence-electron chi connectivity index (χ0n) is 16.3. The van der Waals surface area contributed by atoms with Crippen LogP contribution in [0.4, 0.5) is 13.2 Å². The summed E-state index contributed by atoms with van der Waals surface area (Å²) in [6, 6.07) is 5.47. The second kappa shape index (κ2) is 10.7. The Hall–Kier alpha value is -3.01. The standard InChI is InChI=1S/C17H19ClN2O3.C2HF3O2/c1-4-14(18)13(17(21)22)7-12-5-6-15(16(8-12)23-3)20-9-11(2)19-10-20;3-2(4,5)1(6)7/h5-10,14H,4H2,1-3H3,(H,21,22);(H,6,7)/b13-7-;. The number of ether oxygens (including phenoxy) is 1. The van der Waals surface area contributed by atoms with Gasteiger partial charge in [-0.1, -0.05) is 13.0 Å². The number of methoxy groups -OCH3 is 1. The van der Waals surface area contributed by atoms with Gasteiger partial charge < -0.3 is 19.5 Å². The molecule has 1 aromatic heterocycles. The lowest BCUT2D eigenvalue weighted by Gasteiger charge is -2.11. The Bertz CT molecular complexity index is 925. The summed E-state index contributed by atoms with van der Waals surface area (Å²) in [5.74, 6) is -3.14. The van der Waals surface area contributed by atoms with Gasteiger partial charge in [-0.15, -0.1) is 11.6 Å². The van der Waals surface area contributed by atoms with E-state index in [9.17, 15) is 23.1 Å². The third-order valence-electron chi connectivity index (χ3n) is 3.70. The van der Waals surface area contributed by atoms with Crippen LogP contribution in [0.3, 0.4) is 0 Å². The maximum Gasteiger partial charge on any atom is 0.490 e. The highest BCUT2D eigenvalue weighted by Gasteiger charge is 2.38.